The third-order valence-corrected chi connectivity index (χ3v) is 5.10. The lowest BCUT2D eigenvalue weighted by Gasteiger charge is -2.18. The number of benzene rings is 1. The van der Waals surface area contributed by atoms with Gasteiger partial charge in [0, 0.05) is 21.0 Å². The highest BCUT2D eigenvalue weighted by Crippen LogP contribution is 2.33. The topological polar surface area (TPSA) is 12.0 Å². The lowest BCUT2D eigenvalue weighted by molar-refractivity contribution is 0.537. The third-order valence-electron chi connectivity index (χ3n) is 3.05. The Bertz CT molecular complexity index is 548. The standard InChI is InChI=1S/C15H16Cl3NS/c1-2-8-19-13(14-6-7-15(18)20-14)9-10-11(16)4-3-5-12(10)17/h3-7,13,19H,2,8-9H2,1H3. The van der Waals surface area contributed by atoms with Gasteiger partial charge in [0.15, 0.2) is 0 Å². The van der Waals surface area contributed by atoms with Crippen LogP contribution in [0.5, 0.6) is 0 Å². The molecule has 1 aromatic heterocycles. The van der Waals surface area contributed by atoms with Gasteiger partial charge in [-0.3, -0.25) is 0 Å². The van der Waals surface area contributed by atoms with Crippen LogP contribution in [0.25, 0.3) is 0 Å². The average molecular weight is 349 g/mol. The van der Waals surface area contributed by atoms with E-state index >= 15 is 0 Å². The zero-order valence-electron chi connectivity index (χ0n) is 11.1. The van der Waals surface area contributed by atoms with Gasteiger partial charge >= 0.3 is 0 Å². The second kappa shape index (κ2) is 7.67. The lowest BCUT2D eigenvalue weighted by Crippen LogP contribution is -2.23. The quantitative estimate of drug-likeness (QED) is 0.676. The summed E-state index contributed by atoms with van der Waals surface area (Å²) in [6.45, 7) is 3.09. The van der Waals surface area contributed by atoms with E-state index < -0.39 is 0 Å². The van der Waals surface area contributed by atoms with Crippen LogP contribution < -0.4 is 5.32 Å². The van der Waals surface area contributed by atoms with E-state index in [-0.39, 0.29) is 6.04 Å². The number of hydrogen-bond acceptors (Lipinski definition) is 2. The smallest absolute Gasteiger partial charge is 0.0931 e. The maximum Gasteiger partial charge on any atom is 0.0931 e. The van der Waals surface area contributed by atoms with E-state index in [4.69, 9.17) is 34.8 Å². The molecule has 0 aliphatic rings. The van der Waals surface area contributed by atoms with Gasteiger partial charge in [0.1, 0.15) is 0 Å². The van der Waals surface area contributed by atoms with Gasteiger partial charge in [-0.25, -0.2) is 0 Å². The van der Waals surface area contributed by atoms with Crippen LogP contribution >= 0.6 is 46.1 Å². The van der Waals surface area contributed by atoms with Gasteiger partial charge in [-0.2, -0.15) is 0 Å². The van der Waals surface area contributed by atoms with Crippen molar-refractivity contribution >= 4 is 46.1 Å². The van der Waals surface area contributed by atoms with Crippen molar-refractivity contribution in [3.05, 3.63) is 55.2 Å². The second-order valence-corrected chi connectivity index (χ2v) is 7.11. The first-order valence-electron chi connectivity index (χ1n) is 6.53. The number of hydrogen-bond donors (Lipinski definition) is 1. The molecule has 0 radical (unpaired) electrons. The van der Waals surface area contributed by atoms with Gasteiger partial charge in [0.25, 0.3) is 0 Å². The van der Waals surface area contributed by atoms with Crippen LogP contribution in [0.15, 0.2) is 30.3 Å². The van der Waals surface area contributed by atoms with Crippen molar-refractivity contribution in [2.45, 2.75) is 25.8 Å². The van der Waals surface area contributed by atoms with Gasteiger partial charge < -0.3 is 5.32 Å². The molecule has 1 atom stereocenters. The fourth-order valence-electron chi connectivity index (χ4n) is 2.04. The van der Waals surface area contributed by atoms with E-state index in [9.17, 15) is 0 Å². The van der Waals surface area contributed by atoms with Crippen LogP contribution in [-0.4, -0.2) is 6.54 Å². The molecule has 1 unspecified atom stereocenters. The molecule has 0 fully saturated rings. The zero-order valence-corrected chi connectivity index (χ0v) is 14.2. The van der Waals surface area contributed by atoms with Gasteiger partial charge in [-0.15, -0.1) is 11.3 Å². The predicted molar refractivity (Wildman–Crippen MR) is 90.5 cm³/mol. The van der Waals surface area contributed by atoms with Crippen molar-refractivity contribution in [1.29, 1.82) is 0 Å². The minimum absolute atomic E-state index is 0.185. The normalized spacial score (nSPS) is 12.6. The molecule has 0 saturated carbocycles. The maximum atomic E-state index is 6.27. The Morgan fingerprint density at radius 3 is 2.35 bits per heavy atom. The Balaban J connectivity index is 2.23. The number of rotatable bonds is 6. The Morgan fingerprint density at radius 2 is 1.80 bits per heavy atom. The molecule has 108 valence electrons. The summed E-state index contributed by atoms with van der Waals surface area (Å²) in [6, 6.07) is 9.79. The first-order chi connectivity index (χ1) is 9.61. The van der Waals surface area contributed by atoms with E-state index in [1.807, 2.05) is 24.3 Å². The Labute approximate surface area is 138 Å². The van der Waals surface area contributed by atoms with Crippen molar-refractivity contribution in [1.82, 2.24) is 5.32 Å². The molecule has 0 amide bonds. The van der Waals surface area contributed by atoms with Crippen molar-refractivity contribution in [2.24, 2.45) is 0 Å². The molecule has 1 aromatic carbocycles. The monoisotopic (exact) mass is 347 g/mol. The molecule has 1 nitrogen and oxygen atoms in total. The predicted octanol–water partition coefficient (Wildman–Crippen LogP) is 5.99. The average Bonchev–Trinajstić information content (AvgIpc) is 2.84. The SMILES string of the molecule is CCCNC(Cc1c(Cl)cccc1Cl)c1ccc(Cl)s1. The van der Waals surface area contributed by atoms with Gasteiger partial charge in [-0.1, -0.05) is 47.8 Å². The summed E-state index contributed by atoms with van der Waals surface area (Å²) < 4.78 is 0.800. The molecule has 0 aliphatic carbocycles. The van der Waals surface area contributed by atoms with E-state index in [2.05, 4.69) is 18.3 Å². The molecule has 1 N–H and O–H groups in total. The third kappa shape index (κ3) is 4.12. The minimum Gasteiger partial charge on any atom is -0.309 e. The number of thiophene rings is 1. The molecular weight excluding hydrogens is 333 g/mol. The van der Waals surface area contributed by atoms with E-state index in [0.717, 1.165) is 29.3 Å². The summed E-state index contributed by atoms with van der Waals surface area (Å²) in [6.07, 6.45) is 1.83. The van der Waals surface area contributed by atoms with Crippen molar-refractivity contribution in [2.75, 3.05) is 6.54 Å². The van der Waals surface area contributed by atoms with E-state index in [1.165, 1.54) is 4.88 Å². The van der Waals surface area contributed by atoms with Crippen LogP contribution in [0, 0.1) is 0 Å². The molecule has 1 heterocycles. The summed E-state index contributed by atoms with van der Waals surface area (Å²) in [5.74, 6) is 0. The zero-order chi connectivity index (χ0) is 14.5. The second-order valence-electron chi connectivity index (χ2n) is 4.55. The molecular formula is C15H16Cl3NS. The maximum absolute atomic E-state index is 6.27. The summed E-state index contributed by atoms with van der Waals surface area (Å²) >= 11 is 20.2. The molecule has 0 aliphatic heterocycles. The summed E-state index contributed by atoms with van der Waals surface area (Å²) in [5.41, 5.74) is 0.981. The molecule has 2 rings (SSSR count). The van der Waals surface area contributed by atoms with Crippen LogP contribution in [0.3, 0.4) is 0 Å². The van der Waals surface area contributed by atoms with Crippen LogP contribution in [-0.2, 0) is 6.42 Å². The number of nitrogens with one attached hydrogen (secondary N) is 1. The summed E-state index contributed by atoms with van der Waals surface area (Å²) in [4.78, 5) is 1.21. The molecule has 20 heavy (non-hydrogen) atoms. The first-order valence-corrected chi connectivity index (χ1v) is 8.48. The molecule has 2 aromatic rings. The first kappa shape index (κ1) is 16.1. The molecule has 0 bridgehead atoms. The summed E-state index contributed by atoms with van der Waals surface area (Å²) in [7, 11) is 0. The summed E-state index contributed by atoms with van der Waals surface area (Å²) in [5, 5.41) is 4.96. The van der Waals surface area contributed by atoms with Gasteiger partial charge in [0.2, 0.25) is 0 Å². The van der Waals surface area contributed by atoms with Crippen molar-refractivity contribution in [3.63, 3.8) is 0 Å². The van der Waals surface area contributed by atoms with Crippen LogP contribution in [0.1, 0.15) is 29.8 Å². The van der Waals surface area contributed by atoms with Crippen molar-refractivity contribution in [3.8, 4) is 0 Å². The fourth-order valence-corrected chi connectivity index (χ4v) is 3.73. The highest BCUT2D eigenvalue weighted by molar-refractivity contribution is 7.16. The van der Waals surface area contributed by atoms with Crippen LogP contribution in [0.2, 0.25) is 14.4 Å². The lowest BCUT2D eigenvalue weighted by atomic mass is 10.0. The Hall–Kier alpha value is -0.250. The van der Waals surface area contributed by atoms with E-state index in [0.29, 0.717) is 10.0 Å². The molecule has 0 saturated heterocycles. The fraction of sp³-hybridized carbons (Fsp3) is 0.333. The minimum atomic E-state index is 0.185. The Kier molecular flexibility index (Phi) is 6.19. The largest absolute Gasteiger partial charge is 0.309 e. The highest BCUT2D eigenvalue weighted by atomic mass is 35.5. The Morgan fingerprint density at radius 1 is 1.10 bits per heavy atom. The van der Waals surface area contributed by atoms with Gasteiger partial charge in [-0.05, 0) is 49.2 Å². The van der Waals surface area contributed by atoms with Gasteiger partial charge in [0.05, 0.1) is 4.34 Å². The number of halogens is 3. The van der Waals surface area contributed by atoms with Crippen LogP contribution in [0.4, 0.5) is 0 Å². The highest BCUT2D eigenvalue weighted by Gasteiger charge is 2.17. The molecule has 0 spiro atoms. The van der Waals surface area contributed by atoms with Crippen molar-refractivity contribution < 1.29 is 0 Å². The van der Waals surface area contributed by atoms with E-state index in [1.54, 1.807) is 11.3 Å². The molecule has 5 heteroatoms.